The molecule has 0 saturated carbocycles. The number of aryl methyl sites for hydroxylation is 1. The quantitative estimate of drug-likeness (QED) is 0.748. The van der Waals surface area contributed by atoms with Crippen LogP contribution in [0, 0.1) is 6.92 Å². The molecule has 124 valence electrons. The van der Waals surface area contributed by atoms with E-state index in [4.69, 9.17) is 4.98 Å². The molecule has 0 amide bonds. The molecule has 1 saturated heterocycles. The zero-order valence-corrected chi connectivity index (χ0v) is 14.4. The molecule has 1 aliphatic rings. The molecule has 0 radical (unpaired) electrons. The van der Waals surface area contributed by atoms with Crippen LogP contribution in [-0.4, -0.2) is 54.1 Å². The minimum absolute atomic E-state index is 0.778. The fraction of sp³-hybridized carbons (Fsp3) is 0.765. The number of hydrogen-bond acceptors (Lipinski definition) is 5. The lowest BCUT2D eigenvalue weighted by Gasteiger charge is -2.28. The fourth-order valence-corrected chi connectivity index (χ4v) is 2.96. The van der Waals surface area contributed by atoms with Crippen molar-refractivity contribution in [2.75, 3.05) is 49.5 Å². The summed E-state index contributed by atoms with van der Waals surface area (Å²) in [6, 6.07) is 2.10. The Kier molecular flexibility index (Phi) is 6.90. The average Bonchev–Trinajstić information content (AvgIpc) is 2.55. The molecule has 0 bridgehead atoms. The molecule has 0 unspecified atom stereocenters. The van der Waals surface area contributed by atoms with Crippen LogP contribution in [0.15, 0.2) is 6.07 Å². The van der Waals surface area contributed by atoms with E-state index in [1.165, 1.54) is 19.3 Å². The Labute approximate surface area is 135 Å². The first-order valence-electron chi connectivity index (χ1n) is 8.79. The van der Waals surface area contributed by atoms with Gasteiger partial charge in [0.15, 0.2) is 0 Å². The van der Waals surface area contributed by atoms with Crippen molar-refractivity contribution in [3.8, 4) is 0 Å². The summed E-state index contributed by atoms with van der Waals surface area (Å²) in [7, 11) is 0. The summed E-state index contributed by atoms with van der Waals surface area (Å²) in [6.45, 7) is 13.0. The molecule has 0 aromatic carbocycles. The van der Waals surface area contributed by atoms with E-state index in [1.807, 2.05) is 0 Å². The molecule has 1 fully saturated rings. The Morgan fingerprint density at radius 1 is 1.14 bits per heavy atom. The van der Waals surface area contributed by atoms with Gasteiger partial charge in [0.05, 0.1) is 0 Å². The summed E-state index contributed by atoms with van der Waals surface area (Å²) in [5, 5.41) is 3.39. The highest BCUT2D eigenvalue weighted by Gasteiger charge is 2.13. The molecular formula is C17H31N5. The zero-order valence-electron chi connectivity index (χ0n) is 14.4. The van der Waals surface area contributed by atoms with Gasteiger partial charge in [0.1, 0.15) is 5.82 Å². The summed E-state index contributed by atoms with van der Waals surface area (Å²) in [6.07, 6.45) is 5.01. The fourth-order valence-electron chi connectivity index (χ4n) is 2.96. The second-order valence-corrected chi connectivity index (χ2v) is 6.05. The molecule has 5 nitrogen and oxygen atoms in total. The summed E-state index contributed by atoms with van der Waals surface area (Å²) in [5.41, 5.74) is 1.04. The Morgan fingerprint density at radius 3 is 2.55 bits per heavy atom. The summed E-state index contributed by atoms with van der Waals surface area (Å²) in [4.78, 5) is 14.1. The van der Waals surface area contributed by atoms with Gasteiger partial charge in [0.2, 0.25) is 5.95 Å². The highest BCUT2D eigenvalue weighted by atomic mass is 15.2. The first kappa shape index (κ1) is 17.0. The first-order chi connectivity index (χ1) is 10.7. The van der Waals surface area contributed by atoms with Gasteiger partial charge in [0, 0.05) is 31.4 Å². The van der Waals surface area contributed by atoms with Gasteiger partial charge in [-0.25, -0.2) is 4.98 Å². The van der Waals surface area contributed by atoms with Crippen molar-refractivity contribution in [2.45, 2.75) is 46.5 Å². The predicted molar refractivity (Wildman–Crippen MR) is 93.7 cm³/mol. The number of piperidine rings is 1. The van der Waals surface area contributed by atoms with E-state index in [1.54, 1.807) is 0 Å². The van der Waals surface area contributed by atoms with Crippen molar-refractivity contribution >= 4 is 11.8 Å². The Morgan fingerprint density at radius 2 is 1.86 bits per heavy atom. The lowest BCUT2D eigenvalue weighted by Crippen LogP contribution is -2.30. The van der Waals surface area contributed by atoms with Gasteiger partial charge in [-0.3, -0.25) is 0 Å². The molecule has 0 aliphatic carbocycles. The topological polar surface area (TPSA) is 44.3 Å². The molecule has 2 heterocycles. The van der Waals surface area contributed by atoms with Crippen LogP contribution in [-0.2, 0) is 0 Å². The minimum Gasteiger partial charge on any atom is -0.356 e. The van der Waals surface area contributed by atoms with Crippen LogP contribution >= 0.6 is 0 Å². The van der Waals surface area contributed by atoms with Crippen molar-refractivity contribution in [1.29, 1.82) is 0 Å². The molecule has 0 spiro atoms. The van der Waals surface area contributed by atoms with Crippen molar-refractivity contribution < 1.29 is 0 Å². The monoisotopic (exact) mass is 305 g/mol. The van der Waals surface area contributed by atoms with E-state index in [0.29, 0.717) is 0 Å². The number of rotatable bonds is 8. The maximum Gasteiger partial charge on any atom is 0.224 e. The lowest BCUT2D eigenvalue weighted by atomic mass is 10.1. The van der Waals surface area contributed by atoms with Crippen LogP contribution in [0.1, 0.15) is 45.2 Å². The lowest BCUT2D eigenvalue weighted by molar-refractivity contribution is 0.303. The number of hydrogen-bond donors (Lipinski definition) is 1. The van der Waals surface area contributed by atoms with Crippen LogP contribution in [0.2, 0.25) is 0 Å². The Hall–Kier alpha value is -1.36. The third-order valence-corrected chi connectivity index (χ3v) is 4.35. The number of aromatic nitrogens is 2. The predicted octanol–water partition coefficient (Wildman–Crippen LogP) is 2.92. The van der Waals surface area contributed by atoms with Gasteiger partial charge < -0.3 is 15.1 Å². The SMILES string of the molecule is CCN(CC)CCCNc1nc(C)cc(N2CCCCC2)n1. The van der Waals surface area contributed by atoms with Gasteiger partial charge in [0.25, 0.3) is 0 Å². The van der Waals surface area contributed by atoms with Crippen LogP contribution in [0.3, 0.4) is 0 Å². The third-order valence-electron chi connectivity index (χ3n) is 4.35. The summed E-state index contributed by atoms with van der Waals surface area (Å²) in [5.74, 6) is 1.86. The van der Waals surface area contributed by atoms with Crippen molar-refractivity contribution in [1.82, 2.24) is 14.9 Å². The number of nitrogens with zero attached hydrogens (tertiary/aromatic N) is 4. The zero-order chi connectivity index (χ0) is 15.8. The van der Waals surface area contributed by atoms with Gasteiger partial charge in [-0.05, 0) is 52.2 Å². The van der Waals surface area contributed by atoms with Crippen LogP contribution in [0.5, 0.6) is 0 Å². The van der Waals surface area contributed by atoms with E-state index in [9.17, 15) is 0 Å². The highest BCUT2D eigenvalue weighted by molar-refractivity contribution is 5.45. The van der Waals surface area contributed by atoms with Crippen molar-refractivity contribution in [3.63, 3.8) is 0 Å². The van der Waals surface area contributed by atoms with Crippen LogP contribution in [0.4, 0.5) is 11.8 Å². The Balaban J connectivity index is 1.86. The van der Waals surface area contributed by atoms with Crippen molar-refractivity contribution in [3.05, 3.63) is 11.8 Å². The van der Waals surface area contributed by atoms with E-state index >= 15 is 0 Å². The van der Waals surface area contributed by atoms with Gasteiger partial charge >= 0.3 is 0 Å². The Bertz CT molecular complexity index is 439. The van der Waals surface area contributed by atoms with Crippen LogP contribution < -0.4 is 10.2 Å². The molecule has 2 rings (SSSR count). The van der Waals surface area contributed by atoms with E-state index in [0.717, 1.165) is 63.1 Å². The normalized spacial score (nSPS) is 15.4. The second kappa shape index (κ2) is 8.93. The smallest absolute Gasteiger partial charge is 0.224 e. The van der Waals surface area contributed by atoms with Gasteiger partial charge in [-0.2, -0.15) is 4.98 Å². The highest BCUT2D eigenvalue weighted by Crippen LogP contribution is 2.19. The van der Waals surface area contributed by atoms with Crippen molar-refractivity contribution in [2.24, 2.45) is 0 Å². The molecule has 22 heavy (non-hydrogen) atoms. The molecule has 0 atom stereocenters. The summed E-state index contributed by atoms with van der Waals surface area (Å²) < 4.78 is 0. The van der Waals surface area contributed by atoms with E-state index in [-0.39, 0.29) is 0 Å². The molecule has 1 N–H and O–H groups in total. The first-order valence-corrected chi connectivity index (χ1v) is 8.79. The maximum absolute atomic E-state index is 4.70. The molecular weight excluding hydrogens is 274 g/mol. The maximum atomic E-state index is 4.70. The standard InChI is InChI=1S/C17H31N5/c1-4-21(5-2)11-9-10-18-17-19-15(3)14-16(20-17)22-12-7-6-8-13-22/h14H,4-13H2,1-3H3,(H,18,19,20). The van der Waals surface area contributed by atoms with E-state index < -0.39 is 0 Å². The average molecular weight is 305 g/mol. The molecule has 1 aliphatic heterocycles. The third kappa shape index (κ3) is 5.13. The molecule has 1 aromatic rings. The number of nitrogens with one attached hydrogen (secondary N) is 1. The number of anilines is 2. The molecule has 1 aromatic heterocycles. The van der Waals surface area contributed by atoms with Crippen LogP contribution in [0.25, 0.3) is 0 Å². The van der Waals surface area contributed by atoms with E-state index in [2.05, 4.69) is 46.9 Å². The second-order valence-electron chi connectivity index (χ2n) is 6.05. The summed E-state index contributed by atoms with van der Waals surface area (Å²) >= 11 is 0. The minimum atomic E-state index is 0.778. The van der Waals surface area contributed by atoms with Gasteiger partial charge in [-0.1, -0.05) is 13.8 Å². The van der Waals surface area contributed by atoms with Gasteiger partial charge in [-0.15, -0.1) is 0 Å². The molecule has 5 heteroatoms. The largest absolute Gasteiger partial charge is 0.356 e.